The van der Waals surface area contributed by atoms with Crippen molar-refractivity contribution < 1.29 is 8.78 Å². The molecule has 0 aliphatic heterocycles. The van der Waals surface area contributed by atoms with E-state index in [0.29, 0.717) is 5.16 Å². The SMILES string of the molecule is CC(C)(c1ccc(F)c(C#N)c1)c1cnc(S)n1-c1ccc(F)cc1. The quantitative estimate of drug-likeness (QED) is 0.696. The summed E-state index contributed by atoms with van der Waals surface area (Å²) in [7, 11) is 0. The van der Waals surface area contributed by atoms with Crippen molar-refractivity contribution >= 4 is 12.6 Å². The minimum absolute atomic E-state index is 0.00970. The van der Waals surface area contributed by atoms with Gasteiger partial charge in [0.25, 0.3) is 0 Å². The number of nitrogens with zero attached hydrogens (tertiary/aromatic N) is 3. The Hall–Kier alpha value is -2.65. The highest BCUT2D eigenvalue weighted by molar-refractivity contribution is 7.80. The molecule has 0 atom stereocenters. The summed E-state index contributed by atoms with van der Waals surface area (Å²) < 4.78 is 28.7. The second-order valence-corrected chi connectivity index (χ2v) is 6.59. The molecule has 1 aromatic heterocycles. The minimum Gasteiger partial charge on any atom is -0.291 e. The maximum Gasteiger partial charge on any atom is 0.169 e. The van der Waals surface area contributed by atoms with E-state index in [1.54, 1.807) is 29.0 Å². The van der Waals surface area contributed by atoms with Crippen molar-refractivity contribution in [3.63, 3.8) is 0 Å². The van der Waals surface area contributed by atoms with Gasteiger partial charge in [-0.3, -0.25) is 4.57 Å². The normalized spacial score (nSPS) is 11.4. The fourth-order valence-corrected chi connectivity index (χ4v) is 3.06. The van der Waals surface area contributed by atoms with Gasteiger partial charge in [-0.25, -0.2) is 13.8 Å². The number of rotatable bonds is 3. The highest BCUT2D eigenvalue weighted by Crippen LogP contribution is 2.35. The topological polar surface area (TPSA) is 41.6 Å². The molecular weight excluding hydrogens is 340 g/mol. The molecule has 1 heterocycles. The Morgan fingerprint density at radius 3 is 2.44 bits per heavy atom. The Bertz CT molecular complexity index is 969. The minimum atomic E-state index is -0.582. The standard InChI is InChI=1S/C19H15F2N3S/c1-19(2,13-3-8-16(21)12(9-13)10-22)17-11-23-18(25)24(17)15-6-4-14(20)5-7-15/h3-9,11H,1-2H3,(H,23,25). The third kappa shape index (κ3) is 3.03. The highest BCUT2D eigenvalue weighted by Gasteiger charge is 2.29. The molecule has 6 heteroatoms. The fraction of sp³-hybridized carbons (Fsp3) is 0.158. The summed E-state index contributed by atoms with van der Waals surface area (Å²) in [6.07, 6.45) is 1.68. The number of benzene rings is 2. The van der Waals surface area contributed by atoms with Gasteiger partial charge in [-0.2, -0.15) is 5.26 Å². The van der Waals surface area contributed by atoms with Crippen LogP contribution in [0.4, 0.5) is 8.78 Å². The predicted octanol–water partition coefficient (Wildman–Crippen LogP) is 4.64. The number of halogens is 2. The summed E-state index contributed by atoms with van der Waals surface area (Å²) in [4.78, 5) is 4.26. The molecule has 0 saturated heterocycles. The molecule has 0 spiro atoms. The molecule has 0 aliphatic carbocycles. The number of nitriles is 1. The van der Waals surface area contributed by atoms with Gasteiger partial charge >= 0.3 is 0 Å². The first-order valence-corrected chi connectivity index (χ1v) is 8.02. The van der Waals surface area contributed by atoms with E-state index in [2.05, 4.69) is 17.6 Å². The smallest absolute Gasteiger partial charge is 0.169 e. The van der Waals surface area contributed by atoms with Crippen LogP contribution in [0.2, 0.25) is 0 Å². The van der Waals surface area contributed by atoms with Crippen molar-refractivity contribution in [2.24, 2.45) is 0 Å². The number of thiol groups is 1. The third-order valence-electron chi connectivity index (χ3n) is 4.28. The lowest BCUT2D eigenvalue weighted by atomic mass is 9.81. The molecule has 3 aromatic rings. The molecule has 0 radical (unpaired) electrons. The molecule has 0 N–H and O–H groups in total. The van der Waals surface area contributed by atoms with Gasteiger partial charge in [-0.15, -0.1) is 12.6 Å². The van der Waals surface area contributed by atoms with Gasteiger partial charge in [0.1, 0.15) is 17.7 Å². The van der Waals surface area contributed by atoms with E-state index in [1.165, 1.54) is 24.3 Å². The van der Waals surface area contributed by atoms with Crippen molar-refractivity contribution in [3.8, 4) is 11.8 Å². The van der Waals surface area contributed by atoms with Crippen LogP contribution in [-0.2, 0) is 5.41 Å². The molecule has 0 bridgehead atoms. The first-order chi connectivity index (χ1) is 11.8. The average molecular weight is 355 g/mol. The Kier molecular flexibility index (Phi) is 4.36. The maximum absolute atomic E-state index is 13.7. The Morgan fingerprint density at radius 2 is 1.80 bits per heavy atom. The summed E-state index contributed by atoms with van der Waals surface area (Å²) in [5, 5.41) is 9.54. The molecule has 0 saturated carbocycles. The van der Waals surface area contributed by atoms with E-state index in [4.69, 9.17) is 5.26 Å². The summed E-state index contributed by atoms with van der Waals surface area (Å²) in [5.41, 5.74) is 1.68. The molecule has 0 amide bonds. The average Bonchev–Trinajstić information content (AvgIpc) is 2.98. The van der Waals surface area contributed by atoms with Crippen LogP contribution in [0.1, 0.15) is 30.7 Å². The van der Waals surface area contributed by atoms with Crippen LogP contribution in [0.3, 0.4) is 0 Å². The van der Waals surface area contributed by atoms with E-state index in [9.17, 15) is 8.78 Å². The van der Waals surface area contributed by atoms with Crippen LogP contribution in [0, 0.1) is 23.0 Å². The van der Waals surface area contributed by atoms with Gasteiger partial charge in [-0.1, -0.05) is 19.9 Å². The lowest BCUT2D eigenvalue weighted by molar-refractivity contribution is 0.584. The summed E-state index contributed by atoms with van der Waals surface area (Å²) >= 11 is 4.40. The Balaban J connectivity index is 2.16. The van der Waals surface area contributed by atoms with Gasteiger partial charge in [0, 0.05) is 11.1 Å². The fourth-order valence-electron chi connectivity index (χ4n) is 2.78. The maximum atomic E-state index is 13.7. The van der Waals surface area contributed by atoms with E-state index in [1.807, 2.05) is 19.9 Å². The number of hydrogen-bond acceptors (Lipinski definition) is 3. The third-order valence-corrected chi connectivity index (χ3v) is 4.59. The zero-order valence-electron chi connectivity index (χ0n) is 13.7. The van der Waals surface area contributed by atoms with E-state index >= 15 is 0 Å². The van der Waals surface area contributed by atoms with Crippen molar-refractivity contribution in [2.45, 2.75) is 24.4 Å². The zero-order valence-corrected chi connectivity index (χ0v) is 14.6. The van der Waals surface area contributed by atoms with Gasteiger partial charge in [0.05, 0.1) is 17.5 Å². The second-order valence-electron chi connectivity index (χ2n) is 6.19. The monoisotopic (exact) mass is 355 g/mol. The summed E-state index contributed by atoms with van der Waals surface area (Å²) in [6.45, 7) is 3.90. The first kappa shape index (κ1) is 17.2. The molecule has 25 heavy (non-hydrogen) atoms. The molecule has 3 rings (SSSR count). The molecule has 0 unspecified atom stereocenters. The van der Waals surface area contributed by atoms with Crippen LogP contribution in [0.25, 0.3) is 5.69 Å². The number of imidazole rings is 1. The van der Waals surface area contributed by atoms with Crippen LogP contribution < -0.4 is 0 Å². The lowest BCUT2D eigenvalue weighted by Crippen LogP contribution is -2.23. The summed E-state index contributed by atoms with van der Waals surface area (Å²) in [5.74, 6) is -0.883. The molecule has 3 nitrogen and oxygen atoms in total. The number of aromatic nitrogens is 2. The lowest BCUT2D eigenvalue weighted by Gasteiger charge is -2.27. The van der Waals surface area contributed by atoms with Crippen molar-refractivity contribution in [2.75, 3.05) is 0 Å². The van der Waals surface area contributed by atoms with Crippen molar-refractivity contribution in [3.05, 3.63) is 77.1 Å². The largest absolute Gasteiger partial charge is 0.291 e. The number of hydrogen-bond donors (Lipinski definition) is 1. The van der Waals surface area contributed by atoms with E-state index in [-0.39, 0.29) is 11.4 Å². The van der Waals surface area contributed by atoms with Crippen LogP contribution in [0.15, 0.2) is 53.8 Å². The van der Waals surface area contributed by atoms with Crippen LogP contribution in [-0.4, -0.2) is 9.55 Å². The molecule has 126 valence electrons. The van der Waals surface area contributed by atoms with Gasteiger partial charge in [0.15, 0.2) is 5.16 Å². The van der Waals surface area contributed by atoms with Gasteiger partial charge in [0.2, 0.25) is 0 Å². The molecule has 2 aromatic carbocycles. The molecule has 0 fully saturated rings. The highest BCUT2D eigenvalue weighted by atomic mass is 32.1. The van der Waals surface area contributed by atoms with Crippen LogP contribution >= 0.6 is 12.6 Å². The van der Waals surface area contributed by atoms with Gasteiger partial charge < -0.3 is 0 Å². The molecule has 0 aliphatic rings. The van der Waals surface area contributed by atoms with Crippen molar-refractivity contribution in [1.82, 2.24) is 9.55 Å². The van der Waals surface area contributed by atoms with Gasteiger partial charge in [-0.05, 0) is 42.0 Å². The predicted molar refractivity (Wildman–Crippen MR) is 94.0 cm³/mol. The van der Waals surface area contributed by atoms with Crippen molar-refractivity contribution in [1.29, 1.82) is 5.26 Å². The first-order valence-electron chi connectivity index (χ1n) is 7.58. The molecular formula is C19H15F2N3S. The Morgan fingerprint density at radius 1 is 1.12 bits per heavy atom. The van der Waals surface area contributed by atoms with E-state index < -0.39 is 11.2 Å². The van der Waals surface area contributed by atoms with Crippen LogP contribution in [0.5, 0.6) is 0 Å². The Labute approximate surface area is 150 Å². The van der Waals surface area contributed by atoms with E-state index in [0.717, 1.165) is 16.9 Å². The second kappa shape index (κ2) is 6.34. The zero-order chi connectivity index (χ0) is 18.2. The summed E-state index contributed by atoms with van der Waals surface area (Å²) in [6, 6.07) is 12.3.